The van der Waals surface area contributed by atoms with Crippen LogP contribution in [-0.4, -0.2) is 5.97 Å². The first-order valence-electron chi connectivity index (χ1n) is 6.36. The molecule has 3 rings (SSSR count). The van der Waals surface area contributed by atoms with Crippen molar-refractivity contribution in [2.24, 2.45) is 0 Å². The Hall–Kier alpha value is -2.35. The van der Waals surface area contributed by atoms with E-state index in [1.807, 2.05) is 66.7 Å². The lowest BCUT2D eigenvalue weighted by Gasteiger charge is -2.21. The molecule has 0 unspecified atom stereocenters. The van der Waals surface area contributed by atoms with Gasteiger partial charge in [0.2, 0.25) is 0 Å². The average molecular weight is 250 g/mol. The van der Waals surface area contributed by atoms with Crippen molar-refractivity contribution >= 4 is 11.7 Å². The molecule has 94 valence electrons. The third-order valence-corrected chi connectivity index (χ3v) is 3.25. The molecule has 2 aromatic carbocycles. The van der Waals surface area contributed by atoms with Crippen molar-refractivity contribution in [3.63, 3.8) is 0 Å². The highest BCUT2D eigenvalue weighted by Gasteiger charge is 2.23. The van der Waals surface area contributed by atoms with Crippen LogP contribution < -0.4 is 0 Å². The number of ether oxygens (including phenoxy) is 1. The monoisotopic (exact) mass is 250 g/mol. The summed E-state index contributed by atoms with van der Waals surface area (Å²) in [6, 6.07) is 19.8. The highest BCUT2D eigenvalue weighted by molar-refractivity contribution is 5.82. The van der Waals surface area contributed by atoms with Gasteiger partial charge in [-0.3, -0.25) is 4.79 Å². The third-order valence-electron chi connectivity index (χ3n) is 3.25. The van der Waals surface area contributed by atoms with E-state index in [0.717, 1.165) is 11.1 Å². The summed E-state index contributed by atoms with van der Waals surface area (Å²) in [4.78, 5) is 11.8. The van der Waals surface area contributed by atoms with E-state index in [1.165, 1.54) is 0 Å². The summed E-state index contributed by atoms with van der Waals surface area (Å²) in [7, 11) is 0. The molecule has 0 N–H and O–H groups in total. The molecular formula is C17H14O2. The molecule has 0 amide bonds. The first-order chi connectivity index (χ1) is 9.33. The van der Waals surface area contributed by atoms with E-state index in [-0.39, 0.29) is 11.9 Å². The Labute approximate surface area is 112 Å². The molecule has 0 bridgehead atoms. The Morgan fingerprint density at radius 2 is 1.53 bits per heavy atom. The van der Waals surface area contributed by atoms with E-state index in [4.69, 9.17) is 4.74 Å². The Morgan fingerprint density at radius 3 is 2.21 bits per heavy atom. The zero-order valence-corrected chi connectivity index (χ0v) is 10.5. The number of esters is 1. The lowest BCUT2D eigenvalue weighted by molar-refractivity contribution is -0.137. The molecule has 1 aliphatic rings. The van der Waals surface area contributed by atoms with Crippen molar-refractivity contribution in [1.82, 2.24) is 0 Å². The number of benzene rings is 2. The van der Waals surface area contributed by atoms with Gasteiger partial charge in [-0.05, 0) is 11.6 Å². The van der Waals surface area contributed by atoms with Gasteiger partial charge in [0.05, 0.1) is 6.42 Å². The molecule has 0 fully saturated rings. The lowest BCUT2D eigenvalue weighted by atomic mass is 9.92. The molecule has 0 radical (unpaired) electrons. The Bertz CT molecular complexity index is 600. The van der Waals surface area contributed by atoms with Crippen LogP contribution in [0.4, 0.5) is 0 Å². The Morgan fingerprint density at radius 1 is 0.895 bits per heavy atom. The second-order valence-corrected chi connectivity index (χ2v) is 4.59. The molecule has 0 saturated heterocycles. The van der Waals surface area contributed by atoms with E-state index >= 15 is 0 Å². The average Bonchev–Trinajstić information content (AvgIpc) is 2.48. The van der Waals surface area contributed by atoms with Crippen molar-refractivity contribution < 1.29 is 9.53 Å². The van der Waals surface area contributed by atoms with Gasteiger partial charge in [-0.2, -0.15) is 0 Å². The van der Waals surface area contributed by atoms with Crippen LogP contribution in [-0.2, 0) is 9.53 Å². The number of hydrogen-bond donors (Lipinski definition) is 0. The predicted octanol–water partition coefficient (Wildman–Crippen LogP) is 3.76. The van der Waals surface area contributed by atoms with Crippen LogP contribution in [0.5, 0.6) is 0 Å². The highest BCUT2D eigenvalue weighted by atomic mass is 16.5. The van der Waals surface area contributed by atoms with Crippen molar-refractivity contribution in [2.45, 2.75) is 12.3 Å². The SMILES string of the molecule is O=C1C[C@H](c2ccccc2)C=C(c2ccccc2)O1. The summed E-state index contributed by atoms with van der Waals surface area (Å²) in [5, 5.41) is 0. The first kappa shape index (κ1) is 11.7. The summed E-state index contributed by atoms with van der Waals surface area (Å²) in [6.45, 7) is 0. The Kier molecular flexibility index (Phi) is 3.15. The fraction of sp³-hybridized carbons (Fsp3) is 0.118. The number of allylic oxidation sites excluding steroid dienone is 1. The fourth-order valence-electron chi connectivity index (χ4n) is 2.29. The molecule has 1 atom stereocenters. The summed E-state index contributed by atoms with van der Waals surface area (Å²) in [6.07, 6.45) is 2.44. The van der Waals surface area contributed by atoms with Crippen LogP contribution in [0.3, 0.4) is 0 Å². The third kappa shape index (κ3) is 2.58. The molecule has 1 aliphatic heterocycles. The minimum Gasteiger partial charge on any atom is -0.426 e. The number of hydrogen-bond acceptors (Lipinski definition) is 2. The van der Waals surface area contributed by atoms with Crippen molar-refractivity contribution in [1.29, 1.82) is 0 Å². The van der Waals surface area contributed by atoms with Gasteiger partial charge in [-0.1, -0.05) is 60.7 Å². The molecule has 2 nitrogen and oxygen atoms in total. The normalized spacial score (nSPS) is 18.6. The number of carbonyl (C=O) groups is 1. The van der Waals surface area contributed by atoms with Crippen LogP contribution in [0.2, 0.25) is 0 Å². The molecule has 2 aromatic rings. The molecule has 1 heterocycles. The zero-order valence-electron chi connectivity index (χ0n) is 10.5. The summed E-state index contributed by atoms with van der Waals surface area (Å²) in [5.41, 5.74) is 2.09. The maximum Gasteiger partial charge on any atom is 0.312 e. The summed E-state index contributed by atoms with van der Waals surface area (Å²) < 4.78 is 5.35. The van der Waals surface area contributed by atoms with E-state index in [2.05, 4.69) is 0 Å². The van der Waals surface area contributed by atoms with E-state index < -0.39 is 0 Å². The largest absolute Gasteiger partial charge is 0.426 e. The zero-order chi connectivity index (χ0) is 13.1. The van der Waals surface area contributed by atoms with Gasteiger partial charge in [0.15, 0.2) is 0 Å². The maximum atomic E-state index is 11.8. The Balaban J connectivity index is 1.97. The summed E-state index contributed by atoms with van der Waals surface area (Å²) >= 11 is 0. The maximum absolute atomic E-state index is 11.8. The first-order valence-corrected chi connectivity index (χ1v) is 6.36. The lowest BCUT2D eigenvalue weighted by Crippen LogP contribution is -2.14. The topological polar surface area (TPSA) is 26.3 Å². The van der Waals surface area contributed by atoms with Crippen molar-refractivity contribution in [3.8, 4) is 0 Å². The van der Waals surface area contributed by atoms with E-state index in [1.54, 1.807) is 0 Å². The molecule has 0 saturated carbocycles. The van der Waals surface area contributed by atoms with Gasteiger partial charge in [0, 0.05) is 11.5 Å². The number of cyclic esters (lactones) is 1. The van der Waals surface area contributed by atoms with Gasteiger partial charge < -0.3 is 4.74 Å². The van der Waals surface area contributed by atoms with Gasteiger partial charge >= 0.3 is 5.97 Å². The second-order valence-electron chi connectivity index (χ2n) is 4.59. The van der Waals surface area contributed by atoms with Gasteiger partial charge in [-0.15, -0.1) is 0 Å². The van der Waals surface area contributed by atoms with E-state index in [0.29, 0.717) is 12.2 Å². The quantitative estimate of drug-likeness (QED) is 0.759. The second kappa shape index (κ2) is 5.11. The minimum atomic E-state index is -0.171. The molecule has 19 heavy (non-hydrogen) atoms. The number of carbonyl (C=O) groups excluding carboxylic acids is 1. The van der Waals surface area contributed by atoms with Crippen LogP contribution in [0, 0.1) is 0 Å². The fourth-order valence-corrected chi connectivity index (χ4v) is 2.29. The van der Waals surface area contributed by atoms with E-state index in [9.17, 15) is 4.79 Å². The molecule has 0 aliphatic carbocycles. The van der Waals surface area contributed by atoms with Crippen molar-refractivity contribution in [3.05, 3.63) is 77.9 Å². The standard InChI is InChI=1S/C17H14O2/c18-17-12-15(13-7-3-1-4-8-13)11-16(19-17)14-9-5-2-6-10-14/h1-11,15H,12H2/t15-/m1/s1. The number of rotatable bonds is 2. The van der Waals surface area contributed by atoms with Gasteiger partial charge in [-0.25, -0.2) is 0 Å². The van der Waals surface area contributed by atoms with Crippen LogP contribution in [0.25, 0.3) is 5.76 Å². The van der Waals surface area contributed by atoms with Crippen LogP contribution in [0.15, 0.2) is 66.7 Å². The molecule has 2 heteroatoms. The molecule has 0 spiro atoms. The van der Waals surface area contributed by atoms with Crippen LogP contribution >= 0.6 is 0 Å². The smallest absolute Gasteiger partial charge is 0.312 e. The van der Waals surface area contributed by atoms with Gasteiger partial charge in [0.1, 0.15) is 5.76 Å². The summed E-state index contributed by atoms with van der Waals surface area (Å²) in [5.74, 6) is 0.582. The predicted molar refractivity (Wildman–Crippen MR) is 74.3 cm³/mol. The van der Waals surface area contributed by atoms with Crippen LogP contribution in [0.1, 0.15) is 23.5 Å². The molecule has 0 aromatic heterocycles. The van der Waals surface area contributed by atoms with Crippen molar-refractivity contribution in [2.75, 3.05) is 0 Å². The molecular weight excluding hydrogens is 236 g/mol. The highest BCUT2D eigenvalue weighted by Crippen LogP contribution is 2.31. The minimum absolute atomic E-state index is 0.0951. The van der Waals surface area contributed by atoms with Gasteiger partial charge in [0.25, 0.3) is 0 Å².